The maximum absolute atomic E-state index is 3.45. The second kappa shape index (κ2) is 5.10. The molecule has 0 aliphatic carbocycles. The van der Waals surface area contributed by atoms with Gasteiger partial charge in [-0.15, -0.1) is 0 Å². The van der Waals surface area contributed by atoms with Gasteiger partial charge in [-0.2, -0.15) is 0 Å². The van der Waals surface area contributed by atoms with Gasteiger partial charge in [-0.05, 0) is 30.7 Å². The fraction of sp³-hybridized carbons (Fsp3) is 0.500. The van der Waals surface area contributed by atoms with E-state index in [1.807, 2.05) is 0 Å². The molecule has 2 rings (SSSR count). The van der Waals surface area contributed by atoms with Gasteiger partial charge in [0.1, 0.15) is 0 Å². The molecule has 1 fully saturated rings. The lowest BCUT2D eigenvalue weighted by Crippen LogP contribution is -2.47. The van der Waals surface area contributed by atoms with Crippen LogP contribution in [0.3, 0.4) is 0 Å². The van der Waals surface area contributed by atoms with E-state index >= 15 is 0 Å². The fourth-order valence-corrected chi connectivity index (χ4v) is 2.15. The Labute approximate surface area is 99.8 Å². The number of nitrogens with zero attached hydrogens (tertiary/aromatic N) is 1. The van der Waals surface area contributed by atoms with Crippen LogP contribution < -0.4 is 5.32 Å². The molecule has 1 aliphatic rings. The van der Waals surface area contributed by atoms with Gasteiger partial charge in [-0.1, -0.05) is 28.1 Å². The molecule has 0 atom stereocenters. The molecular weight excluding hydrogens is 252 g/mol. The number of nitrogens with one attached hydrogen (secondary N) is 1. The molecule has 0 unspecified atom stereocenters. The third-order valence-corrected chi connectivity index (χ3v) is 3.33. The van der Waals surface area contributed by atoms with Crippen LogP contribution in [0.4, 0.5) is 0 Å². The summed E-state index contributed by atoms with van der Waals surface area (Å²) in [4.78, 5) is 2.40. The zero-order valence-corrected chi connectivity index (χ0v) is 10.6. The molecule has 0 saturated carbocycles. The van der Waals surface area contributed by atoms with Crippen molar-refractivity contribution in [3.8, 4) is 0 Å². The summed E-state index contributed by atoms with van der Waals surface area (Å²) >= 11 is 3.45. The van der Waals surface area contributed by atoms with E-state index in [4.69, 9.17) is 0 Å². The fourth-order valence-electron chi connectivity index (χ4n) is 1.88. The van der Waals surface area contributed by atoms with Gasteiger partial charge in [-0.3, -0.25) is 0 Å². The third-order valence-electron chi connectivity index (χ3n) is 2.80. The summed E-state index contributed by atoms with van der Waals surface area (Å²) in [5.74, 6) is 0.852. The van der Waals surface area contributed by atoms with Crippen molar-refractivity contribution in [1.29, 1.82) is 0 Å². The van der Waals surface area contributed by atoms with Crippen LogP contribution in [0, 0.1) is 5.92 Å². The maximum Gasteiger partial charge on any atom is 0.0230 e. The summed E-state index contributed by atoms with van der Waals surface area (Å²) in [6.45, 7) is 4.61. The standard InChI is InChI=1S/C12H17BrN2/c1-15(9-11-6-14-7-11)8-10-2-4-12(13)5-3-10/h2-5,11,14H,6-9H2,1H3. The SMILES string of the molecule is CN(Cc1ccc(Br)cc1)CC1CNC1. The molecule has 1 aromatic carbocycles. The van der Waals surface area contributed by atoms with Gasteiger partial charge in [0.15, 0.2) is 0 Å². The van der Waals surface area contributed by atoms with Gasteiger partial charge in [0, 0.05) is 30.7 Å². The predicted molar refractivity (Wildman–Crippen MR) is 66.8 cm³/mol. The second-order valence-electron chi connectivity index (χ2n) is 4.35. The van der Waals surface area contributed by atoms with E-state index in [0.717, 1.165) is 16.9 Å². The Hall–Kier alpha value is -0.380. The molecule has 1 aromatic rings. The van der Waals surface area contributed by atoms with Gasteiger partial charge in [0.25, 0.3) is 0 Å². The smallest absolute Gasteiger partial charge is 0.0230 e. The lowest BCUT2D eigenvalue weighted by molar-refractivity contribution is 0.218. The third kappa shape index (κ3) is 3.30. The molecular formula is C12H17BrN2. The molecule has 82 valence electrons. The highest BCUT2D eigenvalue weighted by atomic mass is 79.9. The van der Waals surface area contributed by atoms with Crippen LogP contribution in [-0.2, 0) is 6.54 Å². The second-order valence-corrected chi connectivity index (χ2v) is 5.26. The van der Waals surface area contributed by atoms with Crippen LogP contribution in [0.1, 0.15) is 5.56 Å². The van der Waals surface area contributed by atoms with Crippen LogP contribution >= 0.6 is 15.9 Å². The van der Waals surface area contributed by atoms with Gasteiger partial charge in [0.05, 0.1) is 0 Å². The predicted octanol–water partition coefficient (Wildman–Crippen LogP) is 2.10. The Balaban J connectivity index is 1.82. The van der Waals surface area contributed by atoms with Crippen molar-refractivity contribution in [1.82, 2.24) is 10.2 Å². The van der Waals surface area contributed by atoms with Crippen molar-refractivity contribution in [2.45, 2.75) is 6.54 Å². The Morgan fingerprint density at radius 2 is 2.00 bits per heavy atom. The summed E-state index contributed by atoms with van der Waals surface area (Å²) in [5.41, 5.74) is 1.38. The zero-order chi connectivity index (χ0) is 10.7. The summed E-state index contributed by atoms with van der Waals surface area (Å²) in [5, 5.41) is 3.31. The van der Waals surface area contributed by atoms with Crippen LogP contribution in [0.15, 0.2) is 28.7 Å². The van der Waals surface area contributed by atoms with Crippen molar-refractivity contribution < 1.29 is 0 Å². The molecule has 0 bridgehead atoms. The first-order valence-corrected chi connectivity index (χ1v) is 6.17. The molecule has 1 N–H and O–H groups in total. The first-order chi connectivity index (χ1) is 7.24. The van der Waals surface area contributed by atoms with E-state index in [1.165, 1.54) is 25.2 Å². The van der Waals surface area contributed by atoms with Crippen molar-refractivity contribution >= 4 is 15.9 Å². The maximum atomic E-state index is 3.45. The largest absolute Gasteiger partial charge is 0.316 e. The lowest BCUT2D eigenvalue weighted by atomic mass is 10.0. The number of hydrogen-bond donors (Lipinski definition) is 1. The van der Waals surface area contributed by atoms with Crippen LogP contribution in [0.2, 0.25) is 0 Å². The summed E-state index contributed by atoms with van der Waals surface area (Å²) in [6, 6.07) is 8.57. The minimum atomic E-state index is 0.852. The van der Waals surface area contributed by atoms with Gasteiger partial charge in [0.2, 0.25) is 0 Å². The molecule has 0 amide bonds. The van der Waals surface area contributed by atoms with Crippen molar-refractivity contribution in [3.05, 3.63) is 34.3 Å². The number of benzene rings is 1. The normalized spacial score (nSPS) is 16.7. The van der Waals surface area contributed by atoms with Crippen molar-refractivity contribution in [3.63, 3.8) is 0 Å². The Bertz CT molecular complexity index is 306. The van der Waals surface area contributed by atoms with Crippen LogP contribution in [-0.4, -0.2) is 31.6 Å². The number of rotatable bonds is 4. The quantitative estimate of drug-likeness (QED) is 0.900. The van der Waals surface area contributed by atoms with Gasteiger partial charge >= 0.3 is 0 Å². The Morgan fingerprint density at radius 3 is 2.53 bits per heavy atom. The summed E-state index contributed by atoms with van der Waals surface area (Å²) in [7, 11) is 2.19. The van der Waals surface area contributed by atoms with Crippen LogP contribution in [0.25, 0.3) is 0 Å². The molecule has 1 saturated heterocycles. The molecule has 2 nitrogen and oxygen atoms in total. The van der Waals surface area contributed by atoms with E-state index in [2.05, 4.69) is 57.5 Å². The molecule has 0 spiro atoms. The molecule has 1 aliphatic heterocycles. The highest BCUT2D eigenvalue weighted by Crippen LogP contribution is 2.13. The number of halogens is 1. The Kier molecular flexibility index (Phi) is 3.78. The van der Waals surface area contributed by atoms with E-state index in [0.29, 0.717) is 0 Å². The van der Waals surface area contributed by atoms with E-state index in [1.54, 1.807) is 0 Å². The summed E-state index contributed by atoms with van der Waals surface area (Å²) < 4.78 is 1.15. The number of hydrogen-bond acceptors (Lipinski definition) is 2. The minimum absolute atomic E-state index is 0.852. The molecule has 0 radical (unpaired) electrons. The molecule has 1 heterocycles. The molecule has 3 heteroatoms. The monoisotopic (exact) mass is 268 g/mol. The topological polar surface area (TPSA) is 15.3 Å². The minimum Gasteiger partial charge on any atom is -0.316 e. The molecule has 15 heavy (non-hydrogen) atoms. The van der Waals surface area contributed by atoms with Crippen LogP contribution in [0.5, 0.6) is 0 Å². The first-order valence-electron chi connectivity index (χ1n) is 5.38. The average Bonchev–Trinajstić information content (AvgIpc) is 2.16. The first kappa shape index (κ1) is 11.1. The van der Waals surface area contributed by atoms with E-state index in [-0.39, 0.29) is 0 Å². The van der Waals surface area contributed by atoms with Crippen molar-refractivity contribution in [2.24, 2.45) is 5.92 Å². The highest BCUT2D eigenvalue weighted by Gasteiger charge is 2.18. The van der Waals surface area contributed by atoms with E-state index < -0.39 is 0 Å². The van der Waals surface area contributed by atoms with Gasteiger partial charge < -0.3 is 10.2 Å². The zero-order valence-electron chi connectivity index (χ0n) is 9.04. The molecule has 0 aromatic heterocycles. The van der Waals surface area contributed by atoms with Gasteiger partial charge in [-0.25, -0.2) is 0 Å². The average molecular weight is 269 g/mol. The van der Waals surface area contributed by atoms with E-state index in [9.17, 15) is 0 Å². The Morgan fingerprint density at radius 1 is 1.33 bits per heavy atom. The lowest BCUT2D eigenvalue weighted by Gasteiger charge is -2.31. The van der Waals surface area contributed by atoms with Crippen molar-refractivity contribution in [2.75, 3.05) is 26.7 Å². The summed E-state index contributed by atoms with van der Waals surface area (Å²) in [6.07, 6.45) is 0. The highest BCUT2D eigenvalue weighted by molar-refractivity contribution is 9.10.